The standard InChI is InChI=1S/C18H27BrN4O2.HI/c1-20-18(23(2)11-12-25-13-14-3-4-14)21-10-9-17(24)22-16-7-5-15(19)6-8-16;/h5-8,14H,3-4,9-13H2,1-2H3,(H,20,21)(H,22,24);1H. The maximum Gasteiger partial charge on any atom is 0.226 e. The monoisotopic (exact) mass is 538 g/mol. The Bertz CT molecular complexity index is 579. The van der Waals surface area contributed by atoms with Crippen molar-refractivity contribution in [3.8, 4) is 0 Å². The lowest BCUT2D eigenvalue weighted by Crippen LogP contribution is -2.41. The minimum absolute atomic E-state index is 0. The molecule has 0 spiro atoms. The summed E-state index contributed by atoms with van der Waals surface area (Å²) in [4.78, 5) is 18.2. The van der Waals surface area contributed by atoms with E-state index in [9.17, 15) is 4.79 Å². The molecule has 2 rings (SSSR count). The molecule has 1 aromatic carbocycles. The number of aliphatic imine (C=N–C) groups is 1. The van der Waals surface area contributed by atoms with Gasteiger partial charge in [0, 0.05) is 50.4 Å². The Morgan fingerprint density at radius 3 is 2.65 bits per heavy atom. The Balaban J connectivity index is 0.00000338. The van der Waals surface area contributed by atoms with Crippen LogP contribution >= 0.6 is 39.9 Å². The van der Waals surface area contributed by atoms with E-state index < -0.39 is 0 Å². The molecule has 0 heterocycles. The summed E-state index contributed by atoms with van der Waals surface area (Å²) < 4.78 is 6.63. The minimum atomic E-state index is -0.0271. The maximum atomic E-state index is 12.0. The molecule has 0 radical (unpaired) electrons. The number of hydrogen-bond acceptors (Lipinski definition) is 3. The van der Waals surface area contributed by atoms with Crippen LogP contribution in [0.1, 0.15) is 19.3 Å². The molecule has 0 saturated heterocycles. The Morgan fingerprint density at radius 2 is 2.04 bits per heavy atom. The molecule has 0 aromatic heterocycles. The summed E-state index contributed by atoms with van der Waals surface area (Å²) in [5, 5.41) is 6.08. The second-order valence-corrected chi connectivity index (χ2v) is 7.13. The fraction of sp³-hybridized carbons (Fsp3) is 0.556. The van der Waals surface area contributed by atoms with Crippen LogP contribution < -0.4 is 10.6 Å². The molecule has 1 amide bonds. The van der Waals surface area contributed by atoms with E-state index in [2.05, 4.69) is 31.6 Å². The van der Waals surface area contributed by atoms with Crippen molar-refractivity contribution < 1.29 is 9.53 Å². The molecule has 26 heavy (non-hydrogen) atoms. The number of benzene rings is 1. The quantitative estimate of drug-likeness (QED) is 0.219. The molecule has 0 aliphatic heterocycles. The number of rotatable bonds is 9. The smallest absolute Gasteiger partial charge is 0.226 e. The lowest BCUT2D eigenvalue weighted by Gasteiger charge is -2.22. The van der Waals surface area contributed by atoms with Crippen molar-refractivity contribution in [2.45, 2.75) is 19.3 Å². The zero-order valence-corrected chi connectivity index (χ0v) is 19.2. The number of anilines is 1. The highest BCUT2D eigenvalue weighted by Crippen LogP contribution is 2.28. The first-order chi connectivity index (χ1) is 12.1. The third-order valence-electron chi connectivity index (χ3n) is 3.96. The van der Waals surface area contributed by atoms with Crippen molar-refractivity contribution in [2.24, 2.45) is 10.9 Å². The highest BCUT2D eigenvalue weighted by atomic mass is 127. The van der Waals surface area contributed by atoms with Crippen molar-refractivity contribution in [3.63, 3.8) is 0 Å². The van der Waals surface area contributed by atoms with Crippen LogP contribution in [0.4, 0.5) is 5.69 Å². The van der Waals surface area contributed by atoms with E-state index in [0.717, 1.165) is 35.2 Å². The Morgan fingerprint density at radius 1 is 1.35 bits per heavy atom. The van der Waals surface area contributed by atoms with Crippen LogP contribution in [0, 0.1) is 5.92 Å². The molecule has 2 N–H and O–H groups in total. The van der Waals surface area contributed by atoms with Gasteiger partial charge in [0.05, 0.1) is 6.61 Å². The molecule has 1 saturated carbocycles. The second-order valence-electron chi connectivity index (χ2n) is 6.22. The summed E-state index contributed by atoms with van der Waals surface area (Å²) in [6.45, 7) is 2.87. The minimum Gasteiger partial charge on any atom is -0.379 e. The lowest BCUT2D eigenvalue weighted by molar-refractivity contribution is -0.116. The Kier molecular flexibility index (Phi) is 11.1. The number of amides is 1. The van der Waals surface area contributed by atoms with Gasteiger partial charge in [-0.15, -0.1) is 24.0 Å². The normalized spacial score (nSPS) is 13.7. The average Bonchev–Trinajstić information content (AvgIpc) is 3.42. The molecule has 1 aliphatic rings. The molecule has 0 atom stereocenters. The van der Waals surface area contributed by atoms with E-state index in [1.165, 1.54) is 12.8 Å². The number of carbonyl (C=O) groups is 1. The summed E-state index contributed by atoms with van der Waals surface area (Å²) in [6.07, 6.45) is 2.99. The van der Waals surface area contributed by atoms with Gasteiger partial charge in [0.1, 0.15) is 0 Å². The largest absolute Gasteiger partial charge is 0.379 e. The van der Waals surface area contributed by atoms with Crippen LogP contribution in [-0.4, -0.2) is 57.2 Å². The third-order valence-corrected chi connectivity index (χ3v) is 4.49. The topological polar surface area (TPSA) is 66.0 Å². The fourth-order valence-corrected chi connectivity index (χ4v) is 2.54. The van der Waals surface area contributed by atoms with Crippen LogP contribution in [0.2, 0.25) is 0 Å². The number of guanidine groups is 1. The molecule has 0 unspecified atom stereocenters. The average molecular weight is 539 g/mol. The number of likely N-dealkylation sites (N-methyl/N-ethyl adjacent to an activating group) is 1. The third kappa shape index (κ3) is 9.18. The van der Waals surface area contributed by atoms with Gasteiger partial charge < -0.3 is 20.3 Å². The predicted molar refractivity (Wildman–Crippen MR) is 120 cm³/mol. The second kappa shape index (κ2) is 12.5. The van der Waals surface area contributed by atoms with E-state index >= 15 is 0 Å². The maximum absolute atomic E-state index is 12.0. The summed E-state index contributed by atoms with van der Waals surface area (Å²) in [5.41, 5.74) is 0.794. The lowest BCUT2D eigenvalue weighted by atomic mass is 10.3. The first-order valence-corrected chi connectivity index (χ1v) is 9.42. The van der Waals surface area contributed by atoms with Gasteiger partial charge in [-0.25, -0.2) is 0 Å². The summed E-state index contributed by atoms with van der Waals surface area (Å²) in [5.74, 6) is 1.53. The zero-order valence-electron chi connectivity index (χ0n) is 15.3. The predicted octanol–water partition coefficient (Wildman–Crippen LogP) is 3.33. The molecule has 1 fully saturated rings. The number of ether oxygens (including phenoxy) is 1. The van der Waals surface area contributed by atoms with Gasteiger partial charge in [0.2, 0.25) is 5.91 Å². The number of halogens is 2. The van der Waals surface area contributed by atoms with Gasteiger partial charge in [0.25, 0.3) is 0 Å². The first kappa shape index (κ1) is 23.2. The van der Waals surface area contributed by atoms with Gasteiger partial charge in [0.15, 0.2) is 5.96 Å². The highest BCUT2D eigenvalue weighted by Gasteiger charge is 2.21. The van der Waals surface area contributed by atoms with Crippen LogP contribution in [0.15, 0.2) is 33.7 Å². The fourth-order valence-electron chi connectivity index (χ4n) is 2.27. The van der Waals surface area contributed by atoms with Crippen molar-refractivity contribution in [3.05, 3.63) is 28.7 Å². The van der Waals surface area contributed by atoms with E-state index in [1.807, 2.05) is 36.2 Å². The summed E-state index contributed by atoms with van der Waals surface area (Å²) in [6, 6.07) is 7.53. The van der Waals surface area contributed by atoms with Gasteiger partial charge in [-0.05, 0) is 43.0 Å². The molecule has 1 aliphatic carbocycles. The van der Waals surface area contributed by atoms with Gasteiger partial charge in [-0.3, -0.25) is 9.79 Å². The van der Waals surface area contributed by atoms with Crippen LogP contribution in [0.25, 0.3) is 0 Å². The number of nitrogens with one attached hydrogen (secondary N) is 2. The number of hydrogen-bond donors (Lipinski definition) is 2. The molecule has 1 aromatic rings. The van der Waals surface area contributed by atoms with Crippen molar-refractivity contribution in [1.82, 2.24) is 10.2 Å². The van der Waals surface area contributed by atoms with Gasteiger partial charge in [-0.1, -0.05) is 15.9 Å². The Labute approximate surface area is 181 Å². The van der Waals surface area contributed by atoms with Crippen LogP contribution in [0.3, 0.4) is 0 Å². The van der Waals surface area contributed by atoms with E-state index in [-0.39, 0.29) is 29.9 Å². The number of nitrogens with zero attached hydrogens (tertiary/aromatic N) is 2. The van der Waals surface area contributed by atoms with Crippen molar-refractivity contribution in [1.29, 1.82) is 0 Å². The summed E-state index contributed by atoms with van der Waals surface area (Å²) in [7, 11) is 3.71. The first-order valence-electron chi connectivity index (χ1n) is 8.63. The van der Waals surface area contributed by atoms with E-state index in [4.69, 9.17) is 4.74 Å². The zero-order chi connectivity index (χ0) is 18.1. The van der Waals surface area contributed by atoms with Gasteiger partial charge >= 0.3 is 0 Å². The molecule has 6 nitrogen and oxygen atoms in total. The van der Waals surface area contributed by atoms with E-state index in [1.54, 1.807) is 7.05 Å². The van der Waals surface area contributed by atoms with Gasteiger partial charge in [-0.2, -0.15) is 0 Å². The van der Waals surface area contributed by atoms with Crippen LogP contribution in [-0.2, 0) is 9.53 Å². The van der Waals surface area contributed by atoms with E-state index in [0.29, 0.717) is 19.6 Å². The SMILES string of the molecule is CN=C(NCCC(=O)Nc1ccc(Br)cc1)N(C)CCOCC1CC1.I. The Hall–Kier alpha value is -0.870. The van der Waals surface area contributed by atoms with Crippen molar-refractivity contribution >= 4 is 57.5 Å². The highest BCUT2D eigenvalue weighted by molar-refractivity contribution is 14.0. The molecule has 146 valence electrons. The van der Waals surface area contributed by atoms with Crippen LogP contribution in [0.5, 0.6) is 0 Å². The molecule has 8 heteroatoms. The number of carbonyl (C=O) groups excluding carboxylic acids is 1. The molecular formula is C18H28BrIN4O2. The molecule has 0 bridgehead atoms. The summed E-state index contributed by atoms with van der Waals surface area (Å²) >= 11 is 3.37. The van der Waals surface area contributed by atoms with Crippen molar-refractivity contribution in [2.75, 3.05) is 45.7 Å². The molecular weight excluding hydrogens is 511 g/mol.